The summed E-state index contributed by atoms with van der Waals surface area (Å²) < 4.78 is 5.62. The maximum absolute atomic E-state index is 12.8. The van der Waals surface area contributed by atoms with Gasteiger partial charge in [-0.25, -0.2) is 5.01 Å². The zero-order chi connectivity index (χ0) is 18.1. The monoisotopic (exact) mass is 366 g/mol. The normalized spacial score (nSPS) is 18.3. The molecule has 7 heteroatoms. The molecule has 0 saturated heterocycles. The number of hydrogen-bond acceptors (Lipinski definition) is 6. The van der Waals surface area contributed by atoms with Crippen LogP contribution in [0.1, 0.15) is 18.7 Å². The number of carbonyl (C=O) groups is 1. The quantitative estimate of drug-likeness (QED) is 0.896. The second kappa shape index (κ2) is 6.84. The number of hydrogen-bond donors (Lipinski definition) is 1. The first kappa shape index (κ1) is 16.7. The molecule has 0 radical (unpaired) electrons. The van der Waals surface area contributed by atoms with E-state index in [1.165, 1.54) is 11.8 Å². The van der Waals surface area contributed by atoms with Gasteiger partial charge in [-0.05, 0) is 31.4 Å². The Morgan fingerprint density at radius 3 is 2.88 bits per heavy atom. The number of ether oxygens (including phenoxy) is 1. The van der Waals surface area contributed by atoms with Gasteiger partial charge < -0.3 is 4.74 Å². The van der Waals surface area contributed by atoms with E-state index in [2.05, 4.69) is 10.4 Å². The van der Waals surface area contributed by atoms with Crippen LogP contribution in [0.4, 0.5) is 0 Å². The predicted molar refractivity (Wildman–Crippen MR) is 102 cm³/mol. The van der Waals surface area contributed by atoms with Crippen molar-refractivity contribution in [3.63, 3.8) is 0 Å². The zero-order valence-corrected chi connectivity index (χ0v) is 15.3. The molecule has 2 aromatic carbocycles. The van der Waals surface area contributed by atoms with Crippen LogP contribution in [0.2, 0.25) is 0 Å². The molecule has 1 N–H and O–H groups in total. The van der Waals surface area contributed by atoms with E-state index in [0.29, 0.717) is 17.5 Å². The van der Waals surface area contributed by atoms with Crippen LogP contribution in [-0.2, 0) is 4.79 Å². The third kappa shape index (κ3) is 2.84. The van der Waals surface area contributed by atoms with Crippen LogP contribution in [0.5, 0.6) is 5.75 Å². The average Bonchev–Trinajstić information content (AvgIpc) is 2.67. The molecule has 26 heavy (non-hydrogen) atoms. The molecule has 1 amide bonds. The molecule has 0 saturated carbocycles. The Morgan fingerprint density at radius 1 is 1.23 bits per heavy atom. The molecule has 0 aromatic heterocycles. The van der Waals surface area contributed by atoms with Gasteiger partial charge in [0.05, 0.1) is 12.0 Å². The minimum atomic E-state index is -0.423. The van der Waals surface area contributed by atoms with Gasteiger partial charge >= 0.3 is 0 Å². The highest BCUT2D eigenvalue weighted by Gasteiger charge is 2.34. The maximum Gasteiger partial charge on any atom is 0.276 e. The Hall–Kier alpha value is -2.80. The van der Waals surface area contributed by atoms with Gasteiger partial charge in [0.15, 0.2) is 11.3 Å². The lowest BCUT2D eigenvalue weighted by Crippen LogP contribution is -2.50. The van der Waals surface area contributed by atoms with Crippen LogP contribution in [0.3, 0.4) is 0 Å². The van der Waals surface area contributed by atoms with E-state index >= 15 is 0 Å². The molecule has 4 rings (SSSR count). The summed E-state index contributed by atoms with van der Waals surface area (Å²) >= 11 is 1.39. The Morgan fingerprint density at radius 2 is 2.08 bits per heavy atom. The fourth-order valence-corrected chi connectivity index (χ4v) is 3.43. The largest absolute Gasteiger partial charge is 0.494 e. The maximum atomic E-state index is 12.8. The number of nitrogens with zero attached hydrogens (tertiary/aromatic N) is 3. The molecule has 0 bridgehead atoms. The lowest BCUT2D eigenvalue weighted by molar-refractivity contribution is -0.116. The van der Waals surface area contributed by atoms with Crippen molar-refractivity contribution in [3.8, 4) is 5.75 Å². The number of fused-ring (bicyclic) bond motifs is 2. The summed E-state index contributed by atoms with van der Waals surface area (Å²) in [6.07, 6.45) is 1.46. The molecule has 6 nitrogen and oxygen atoms in total. The number of para-hydroxylation sites is 1. The topological polar surface area (TPSA) is 66.3 Å². The van der Waals surface area contributed by atoms with E-state index in [4.69, 9.17) is 9.73 Å². The number of carbonyl (C=O) groups excluding carboxylic acids is 1. The van der Waals surface area contributed by atoms with Crippen LogP contribution in [0, 0.1) is 0 Å². The van der Waals surface area contributed by atoms with Crippen LogP contribution < -0.4 is 20.6 Å². The second-order valence-electron chi connectivity index (χ2n) is 5.78. The van der Waals surface area contributed by atoms with E-state index in [-0.39, 0.29) is 5.91 Å². The number of amidine groups is 1. The van der Waals surface area contributed by atoms with Crippen molar-refractivity contribution in [2.45, 2.75) is 13.1 Å². The van der Waals surface area contributed by atoms with Gasteiger partial charge in [-0.15, -0.1) is 5.10 Å². The summed E-state index contributed by atoms with van der Waals surface area (Å²) in [6.45, 7) is 2.54. The highest BCUT2D eigenvalue weighted by atomic mass is 32.2. The first-order valence-corrected chi connectivity index (χ1v) is 9.57. The van der Waals surface area contributed by atoms with E-state index in [0.717, 1.165) is 21.9 Å². The highest BCUT2D eigenvalue weighted by molar-refractivity contribution is 8.13. The molecule has 0 fully saturated rings. The number of hydrazone groups is 1. The smallest absolute Gasteiger partial charge is 0.276 e. The average molecular weight is 366 g/mol. The minimum Gasteiger partial charge on any atom is -0.494 e. The van der Waals surface area contributed by atoms with E-state index < -0.39 is 6.17 Å². The van der Waals surface area contributed by atoms with Crippen molar-refractivity contribution in [1.82, 2.24) is 10.3 Å². The fourth-order valence-electron chi connectivity index (χ4n) is 3.07. The van der Waals surface area contributed by atoms with E-state index in [9.17, 15) is 4.79 Å². The Kier molecular flexibility index (Phi) is 4.38. The summed E-state index contributed by atoms with van der Waals surface area (Å²) in [6, 6.07) is 15.4. The van der Waals surface area contributed by atoms with Crippen molar-refractivity contribution in [1.29, 1.82) is 0 Å². The summed E-state index contributed by atoms with van der Waals surface area (Å²) in [5.41, 5.74) is 1.43. The van der Waals surface area contributed by atoms with E-state index in [1.807, 2.05) is 61.7 Å². The molecule has 2 aromatic rings. The standard InChI is InChI=1S/C19H18N4O2S/c1-3-25-13-8-6-7-12(11-13)17-20-15-10-5-4-9-14(15)16-18(24)21-19(26-2)22-23(16)17/h4-11,17H,3H2,1-2H3,(H,21,22,24)/t17-/m0/s1. The van der Waals surface area contributed by atoms with E-state index in [1.54, 1.807) is 5.01 Å². The first-order valence-electron chi connectivity index (χ1n) is 8.34. The summed E-state index contributed by atoms with van der Waals surface area (Å²) in [5.74, 6) is 0.605. The molecule has 2 heterocycles. The van der Waals surface area contributed by atoms with Crippen molar-refractivity contribution >= 4 is 28.5 Å². The SMILES string of the molecule is CCOc1cccc([C@H]2N=c3ccccc3=C3C(=O)NC(SC)=NN32)c1. The molecular formula is C19H18N4O2S. The molecule has 0 aliphatic carbocycles. The van der Waals surface area contributed by atoms with Crippen LogP contribution in [0.25, 0.3) is 5.70 Å². The number of rotatable bonds is 3. The van der Waals surface area contributed by atoms with Gasteiger partial charge in [-0.3, -0.25) is 15.1 Å². The Balaban J connectivity index is 1.92. The Labute approximate surface area is 155 Å². The van der Waals surface area contributed by atoms with Crippen molar-refractivity contribution < 1.29 is 9.53 Å². The van der Waals surface area contributed by atoms with Gasteiger partial charge in [-0.2, -0.15) is 0 Å². The van der Waals surface area contributed by atoms with Crippen LogP contribution in [0.15, 0.2) is 58.6 Å². The van der Waals surface area contributed by atoms with Crippen molar-refractivity contribution in [2.24, 2.45) is 10.1 Å². The van der Waals surface area contributed by atoms with Gasteiger partial charge in [-0.1, -0.05) is 42.1 Å². The van der Waals surface area contributed by atoms with Gasteiger partial charge in [0, 0.05) is 10.8 Å². The molecule has 2 aliphatic heterocycles. The van der Waals surface area contributed by atoms with Gasteiger partial charge in [0.1, 0.15) is 11.4 Å². The van der Waals surface area contributed by atoms with Gasteiger partial charge in [0.25, 0.3) is 5.91 Å². The number of nitrogens with one attached hydrogen (secondary N) is 1. The third-order valence-electron chi connectivity index (χ3n) is 4.18. The number of thioether (sulfide) groups is 1. The molecule has 0 unspecified atom stereocenters. The second-order valence-corrected chi connectivity index (χ2v) is 6.58. The minimum absolute atomic E-state index is 0.169. The third-order valence-corrected chi connectivity index (χ3v) is 4.75. The highest BCUT2D eigenvalue weighted by Crippen LogP contribution is 2.31. The number of benzene rings is 2. The molecule has 2 aliphatic rings. The Bertz CT molecular complexity index is 1020. The van der Waals surface area contributed by atoms with Crippen molar-refractivity contribution in [2.75, 3.05) is 12.9 Å². The first-order chi connectivity index (χ1) is 12.7. The summed E-state index contributed by atoms with van der Waals surface area (Å²) in [5, 5.41) is 11.3. The van der Waals surface area contributed by atoms with Crippen LogP contribution >= 0.6 is 11.8 Å². The molecular weight excluding hydrogens is 348 g/mol. The zero-order valence-electron chi connectivity index (χ0n) is 14.5. The lowest BCUT2D eigenvalue weighted by Gasteiger charge is -2.34. The van der Waals surface area contributed by atoms with Gasteiger partial charge in [0.2, 0.25) is 0 Å². The molecule has 0 spiro atoms. The predicted octanol–water partition coefficient (Wildman–Crippen LogP) is 1.59. The van der Waals surface area contributed by atoms with Crippen LogP contribution in [-0.4, -0.2) is 28.9 Å². The number of amides is 1. The molecule has 132 valence electrons. The molecule has 1 atom stereocenters. The summed E-state index contributed by atoms with van der Waals surface area (Å²) in [7, 11) is 0. The lowest BCUT2D eigenvalue weighted by atomic mass is 10.1. The van der Waals surface area contributed by atoms with Crippen molar-refractivity contribution in [3.05, 3.63) is 64.7 Å². The fraction of sp³-hybridized carbons (Fsp3) is 0.211. The summed E-state index contributed by atoms with van der Waals surface area (Å²) in [4.78, 5) is 17.6.